The molecule has 0 spiro atoms. The van der Waals surface area contributed by atoms with Crippen LogP contribution in [-0.4, -0.2) is 17.3 Å². The van der Waals surface area contributed by atoms with Crippen molar-refractivity contribution < 1.29 is 9.47 Å². The van der Waals surface area contributed by atoms with E-state index in [-0.39, 0.29) is 11.2 Å². The minimum atomic E-state index is -0.129. The van der Waals surface area contributed by atoms with Gasteiger partial charge >= 0.3 is 0 Å². The molecule has 1 aromatic carbocycles. The van der Waals surface area contributed by atoms with Gasteiger partial charge in [0.05, 0.1) is 11.7 Å². The molecular weight excluding hydrogens is 272 g/mol. The quantitative estimate of drug-likeness (QED) is 0.704. The summed E-state index contributed by atoms with van der Waals surface area (Å²) >= 11 is 0. The van der Waals surface area contributed by atoms with Crippen LogP contribution in [0.15, 0.2) is 30.3 Å². The van der Waals surface area contributed by atoms with Crippen LogP contribution in [0.2, 0.25) is 0 Å². The molecule has 0 aromatic heterocycles. The molecule has 2 heteroatoms. The first kappa shape index (κ1) is 17.3. The molecule has 0 bridgehead atoms. The molecule has 22 heavy (non-hydrogen) atoms. The molecule has 0 saturated heterocycles. The van der Waals surface area contributed by atoms with Crippen LogP contribution in [-0.2, 0) is 4.74 Å². The van der Waals surface area contributed by atoms with Crippen molar-refractivity contribution in [1.29, 1.82) is 0 Å². The Morgan fingerprint density at radius 1 is 1.00 bits per heavy atom. The molecule has 0 aliphatic heterocycles. The fourth-order valence-corrected chi connectivity index (χ4v) is 3.58. The van der Waals surface area contributed by atoms with Crippen molar-refractivity contribution in [3.05, 3.63) is 30.3 Å². The number of benzene rings is 1. The normalized spacial score (nSPS) is 23.3. The van der Waals surface area contributed by atoms with Gasteiger partial charge in [0, 0.05) is 0 Å². The summed E-state index contributed by atoms with van der Waals surface area (Å²) in [5, 5.41) is 0. The molecule has 2 atom stereocenters. The van der Waals surface area contributed by atoms with Gasteiger partial charge < -0.3 is 9.47 Å². The zero-order valence-corrected chi connectivity index (χ0v) is 14.9. The summed E-state index contributed by atoms with van der Waals surface area (Å²) in [6.45, 7) is 10.9. The van der Waals surface area contributed by atoms with Crippen LogP contribution < -0.4 is 4.74 Å². The number of rotatable bonds is 5. The van der Waals surface area contributed by atoms with Crippen LogP contribution in [0.4, 0.5) is 0 Å². The topological polar surface area (TPSA) is 18.5 Å². The standard InChI is InChI=1S/C20H32O2/c1-19(2,3)21-18-13-9-10-16(14-18)15-20(4,5)22-17-11-7-6-8-12-17/h6-8,11-12,16,18H,9-10,13-15H2,1-5H3. The molecule has 124 valence electrons. The first-order valence-electron chi connectivity index (χ1n) is 8.65. The SMILES string of the molecule is CC(C)(C)OC1CCCC(CC(C)(C)Oc2ccccc2)C1. The predicted octanol–water partition coefficient (Wildman–Crippen LogP) is 5.61. The summed E-state index contributed by atoms with van der Waals surface area (Å²) in [5.41, 5.74) is -0.168. The Labute approximate surface area is 136 Å². The number of ether oxygens (including phenoxy) is 2. The van der Waals surface area contributed by atoms with E-state index in [2.05, 4.69) is 34.6 Å². The largest absolute Gasteiger partial charge is 0.488 e. The van der Waals surface area contributed by atoms with E-state index in [1.807, 2.05) is 30.3 Å². The lowest BCUT2D eigenvalue weighted by molar-refractivity contribution is -0.0856. The average molecular weight is 304 g/mol. The summed E-state index contributed by atoms with van der Waals surface area (Å²) in [5.74, 6) is 1.66. The Morgan fingerprint density at radius 3 is 2.32 bits per heavy atom. The van der Waals surface area contributed by atoms with Crippen LogP contribution in [0.1, 0.15) is 66.7 Å². The van der Waals surface area contributed by atoms with Crippen molar-refractivity contribution in [2.24, 2.45) is 5.92 Å². The second-order valence-corrected chi connectivity index (χ2v) is 8.26. The lowest BCUT2D eigenvalue weighted by Gasteiger charge is -2.37. The molecule has 0 N–H and O–H groups in total. The van der Waals surface area contributed by atoms with Gasteiger partial charge in [-0.1, -0.05) is 31.0 Å². The number of para-hydroxylation sites is 1. The van der Waals surface area contributed by atoms with Crippen molar-refractivity contribution in [3.63, 3.8) is 0 Å². The van der Waals surface area contributed by atoms with E-state index in [0.717, 1.165) is 12.2 Å². The maximum Gasteiger partial charge on any atom is 0.120 e. The second kappa shape index (κ2) is 7.04. The van der Waals surface area contributed by atoms with Crippen LogP contribution in [0.3, 0.4) is 0 Å². The molecule has 1 saturated carbocycles. The van der Waals surface area contributed by atoms with Crippen molar-refractivity contribution in [2.75, 3.05) is 0 Å². The summed E-state index contributed by atoms with van der Waals surface area (Å²) in [6.07, 6.45) is 6.43. The molecule has 1 fully saturated rings. The van der Waals surface area contributed by atoms with Crippen molar-refractivity contribution in [3.8, 4) is 5.75 Å². The van der Waals surface area contributed by atoms with Crippen LogP contribution in [0.25, 0.3) is 0 Å². The van der Waals surface area contributed by atoms with E-state index in [1.54, 1.807) is 0 Å². The molecule has 2 unspecified atom stereocenters. The summed E-state index contributed by atoms with van der Waals surface area (Å²) in [4.78, 5) is 0. The Kier molecular flexibility index (Phi) is 5.55. The van der Waals surface area contributed by atoms with E-state index in [4.69, 9.17) is 9.47 Å². The molecular formula is C20H32O2. The van der Waals surface area contributed by atoms with Gasteiger partial charge in [0.2, 0.25) is 0 Å². The Hall–Kier alpha value is -1.02. The Balaban J connectivity index is 1.88. The zero-order chi connectivity index (χ0) is 16.2. The monoisotopic (exact) mass is 304 g/mol. The molecule has 0 radical (unpaired) electrons. The van der Waals surface area contributed by atoms with Gasteiger partial charge in [-0.25, -0.2) is 0 Å². The van der Waals surface area contributed by atoms with E-state index < -0.39 is 0 Å². The van der Waals surface area contributed by atoms with Gasteiger partial charge in [0.15, 0.2) is 0 Å². The third-order valence-corrected chi connectivity index (χ3v) is 4.17. The minimum absolute atomic E-state index is 0.0391. The summed E-state index contributed by atoms with van der Waals surface area (Å²) in [6, 6.07) is 10.1. The zero-order valence-electron chi connectivity index (χ0n) is 14.9. The fourth-order valence-electron chi connectivity index (χ4n) is 3.58. The lowest BCUT2D eigenvalue weighted by Crippen LogP contribution is -2.36. The molecule has 1 aromatic rings. The van der Waals surface area contributed by atoms with E-state index in [9.17, 15) is 0 Å². The van der Waals surface area contributed by atoms with Gasteiger partial charge in [-0.15, -0.1) is 0 Å². The van der Waals surface area contributed by atoms with Crippen LogP contribution in [0.5, 0.6) is 5.75 Å². The molecule has 2 nitrogen and oxygen atoms in total. The summed E-state index contributed by atoms with van der Waals surface area (Å²) in [7, 11) is 0. The number of hydrogen-bond acceptors (Lipinski definition) is 2. The highest BCUT2D eigenvalue weighted by molar-refractivity contribution is 5.21. The highest BCUT2D eigenvalue weighted by Crippen LogP contribution is 2.35. The summed E-state index contributed by atoms with van der Waals surface area (Å²) < 4.78 is 12.4. The lowest BCUT2D eigenvalue weighted by atomic mass is 9.80. The highest BCUT2D eigenvalue weighted by atomic mass is 16.5. The average Bonchev–Trinajstić information content (AvgIpc) is 2.36. The molecule has 0 amide bonds. The van der Waals surface area contributed by atoms with Gasteiger partial charge in [-0.05, 0) is 71.9 Å². The second-order valence-electron chi connectivity index (χ2n) is 8.26. The van der Waals surface area contributed by atoms with Crippen LogP contribution in [0, 0.1) is 5.92 Å². The van der Waals surface area contributed by atoms with Crippen molar-refractivity contribution in [2.45, 2.75) is 84.0 Å². The third kappa shape index (κ3) is 6.00. The molecule has 0 heterocycles. The first-order chi connectivity index (χ1) is 10.2. The smallest absolute Gasteiger partial charge is 0.120 e. The molecule has 1 aliphatic rings. The fraction of sp³-hybridized carbons (Fsp3) is 0.700. The minimum Gasteiger partial charge on any atom is -0.488 e. The predicted molar refractivity (Wildman–Crippen MR) is 92.4 cm³/mol. The maximum atomic E-state index is 6.20. The van der Waals surface area contributed by atoms with Crippen LogP contribution >= 0.6 is 0 Å². The molecule has 2 rings (SSSR count). The van der Waals surface area contributed by atoms with Gasteiger partial charge in [-0.3, -0.25) is 0 Å². The van der Waals surface area contributed by atoms with E-state index >= 15 is 0 Å². The van der Waals surface area contributed by atoms with Crippen molar-refractivity contribution in [1.82, 2.24) is 0 Å². The Morgan fingerprint density at radius 2 is 1.68 bits per heavy atom. The van der Waals surface area contributed by atoms with Gasteiger partial charge in [0.1, 0.15) is 11.4 Å². The van der Waals surface area contributed by atoms with E-state index in [0.29, 0.717) is 12.0 Å². The van der Waals surface area contributed by atoms with Gasteiger partial charge in [0.25, 0.3) is 0 Å². The van der Waals surface area contributed by atoms with Gasteiger partial charge in [-0.2, -0.15) is 0 Å². The Bertz CT molecular complexity index is 445. The first-order valence-corrected chi connectivity index (χ1v) is 8.65. The highest BCUT2D eigenvalue weighted by Gasteiger charge is 2.31. The number of hydrogen-bond donors (Lipinski definition) is 0. The van der Waals surface area contributed by atoms with E-state index in [1.165, 1.54) is 25.7 Å². The maximum absolute atomic E-state index is 6.20. The van der Waals surface area contributed by atoms with Crippen molar-refractivity contribution >= 4 is 0 Å². The third-order valence-electron chi connectivity index (χ3n) is 4.17. The molecule has 1 aliphatic carbocycles.